The van der Waals surface area contributed by atoms with E-state index in [-0.39, 0.29) is 11.9 Å². The van der Waals surface area contributed by atoms with E-state index >= 15 is 0 Å². The number of nitrogens with zero attached hydrogens (tertiary/aromatic N) is 1. The molecule has 134 valence electrons. The summed E-state index contributed by atoms with van der Waals surface area (Å²) in [5.74, 6) is 0.588. The number of anilines is 2. The molecule has 0 unspecified atom stereocenters. The van der Waals surface area contributed by atoms with Crippen molar-refractivity contribution < 1.29 is 14.3 Å². The molecule has 2 N–H and O–H groups in total. The first-order valence-corrected chi connectivity index (χ1v) is 8.74. The fourth-order valence-corrected chi connectivity index (χ4v) is 3.95. The minimum absolute atomic E-state index is 0.0199. The maximum Gasteiger partial charge on any atom is 0.321 e. The number of benzene rings is 2. The summed E-state index contributed by atoms with van der Waals surface area (Å²) in [5.41, 5.74) is 1.80. The molecule has 0 saturated carbocycles. The highest BCUT2D eigenvalue weighted by atomic mass is 16.5. The van der Waals surface area contributed by atoms with Crippen molar-refractivity contribution >= 4 is 23.3 Å². The van der Waals surface area contributed by atoms with E-state index in [2.05, 4.69) is 10.6 Å². The molecule has 2 aromatic carbocycles. The third-order valence-corrected chi connectivity index (χ3v) is 5.25. The standard InChI is InChI=1S/C20H21N3O3/c1-26-17-10-5-4-9-16(17)22-19(25)23-12-6-11-20(13-23)14-7-2-3-8-15(14)21-18(20)24/h2-5,7-10H,6,11-13H2,1H3,(H,21,24)(H,22,25)/t20-/m1/s1. The van der Waals surface area contributed by atoms with Crippen LogP contribution in [0.5, 0.6) is 5.75 Å². The number of urea groups is 1. The average Bonchev–Trinajstić information content (AvgIpc) is 2.94. The van der Waals surface area contributed by atoms with E-state index in [4.69, 9.17) is 4.74 Å². The Bertz CT molecular complexity index is 867. The lowest BCUT2D eigenvalue weighted by Gasteiger charge is -2.39. The monoisotopic (exact) mass is 351 g/mol. The Kier molecular flexibility index (Phi) is 4.03. The molecule has 2 aromatic rings. The van der Waals surface area contributed by atoms with Gasteiger partial charge in [-0.15, -0.1) is 0 Å². The molecule has 1 saturated heterocycles. The summed E-state index contributed by atoms with van der Waals surface area (Å²) in [7, 11) is 1.57. The normalized spacial score (nSPS) is 21.3. The number of carbonyl (C=O) groups is 2. The molecule has 6 nitrogen and oxygen atoms in total. The molecule has 1 atom stereocenters. The van der Waals surface area contributed by atoms with Crippen LogP contribution in [0, 0.1) is 0 Å². The Hall–Kier alpha value is -3.02. The maximum absolute atomic E-state index is 12.8. The van der Waals surface area contributed by atoms with E-state index in [1.54, 1.807) is 24.1 Å². The van der Waals surface area contributed by atoms with Crippen molar-refractivity contribution in [3.05, 3.63) is 54.1 Å². The molecular formula is C20H21N3O3. The molecule has 4 rings (SSSR count). The molecule has 0 radical (unpaired) electrons. The van der Waals surface area contributed by atoms with Crippen LogP contribution in [0.25, 0.3) is 0 Å². The second-order valence-corrected chi connectivity index (χ2v) is 6.74. The number of nitrogens with one attached hydrogen (secondary N) is 2. The molecule has 2 heterocycles. The minimum Gasteiger partial charge on any atom is -0.495 e. The van der Waals surface area contributed by atoms with Gasteiger partial charge in [0.15, 0.2) is 0 Å². The third kappa shape index (κ3) is 2.58. The SMILES string of the molecule is COc1ccccc1NC(=O)N1CCC[C@]2(C1)C(=O)Nc1ccccc12. The molecule has 1 spiro atoms. The van der Waals surface area contributed by atoms with Crippen molar-refractivity contribution in [2.24, 2.45) is 0 Å². The Morgan fingerprint density at radius 2 is 1.96 bits per heavy atom. The van der Waals surface area contributed by atoms with E-state index in [0.717, 1.165) is 24.1 Å². The molecule has 2 aliphatic rings. The summed E-state index contributed by atoms with van der Waals surface area (Å²) in [6, 6.07) is 14.8. The zero-order valence-electron chi connectivity index (χ0n) is 14.6. The summed E-state index contributed by atoms with van der Waals surface area (Å²) in [6.07, 6.45) is 1.52. The van der Waals surface area contributed by atoms with Gasteiger partial charge in [0.1, 0.15) is 5.75 Å². The fraction of sp³-hybridized carbons (Fsp3) is 0.300. The largest absolute Gasteiger partial charge is 0.495 e. The lowest BCUT2D eigenvalue weighted by molar-refractivity contribution is -0.122. The number of piperidine rings is 1. The molecule has 2 aliphatic heterocycles. The van der Waals surface area contributed by atoms with E-state index in [1.807, 2.05) is 36.4 Å². The Labute approximate surface area is 152 Å². The van der Waals surface area contributed by atoms with Crippen molar-refractivity contribution in [2.75, 3.05) is 30.8 Å². The van der Waals surface area contributed by atoms with Gasteiger partial charge in [-0.3, -0.25) is 4.79 Å². The summed E-state index contributed by atoms with van der Waals surface area (Å²) in [5, 5.41) is 5.87. The molecule has 0 aromatic heterocycles. The molecule has 3 amide bonds. The maximum atomic E-state index is 12.8. The number of para-hydroxylation sites is 3. The number of carbonyl (C=O) groups excluding carboxylic acids is 2. The second kappa shape index (κ2) is 6.37. The van der Waals surface area contributed by atoms with Gasteiger partial charge < -0.3 is 20.3 Å². The van der Waals surface area contributed by atoms with Crippen LogP contribution in [0.4, 0.5) is 16.2 Å². The minimum atomic E-state index is -0.660. The van der Waals surface area contributed by atoms with Crippen LogP contribution in [0.3, 0.4) is 0 Å². The highest BCUT2D eigenvalue weighted by Crippen LogP contribution is 2.43. The Morgan fingerprint density at radius 1 is 1.19 bits per heavy atom. The van der Waals surface area contributed by atoms with Gasteiger partial charge >= 0.3 is 6.03 Å². The predicted molar refractivity (Wildman–Crippen MR) is 99.6 cm³/mol. The van der Waals surface area contributed by atoms with Gasteiger partial charge in [-0.25, -0.2) is 4.79 Å². The summed E-state index contributed by atoms with van der Waals surface area (Å²) < 4.78 is 5.29. The van der Waals surface area contributed by atoms with E-state index < -0.39 is 5.41 Å². The van der Waals surface area contributed by atoms with Crippen molar-refractivity contribution in [2.45, 2.75) is 18.3 Å². The van der Waals surface area contributed by atoms with Crippen molar-refractivity contribution in [3.63, 3.8) is 0 Å². The van der Waals surface area contributed by atoms with Gasteiger partial charge in [-0.1, -0.05) is 30.3 Å². The number of methoxy groups -OCH3 is 1. The van der Waals surface area contributed by atoms with Gasteiger partial charge in [0, 0.05) is 18.8 Å². The van der Waals surface area contributed by atoms with Crippen LogP contribution in [-0.2, 0) is 10.2 Å². The number of rotatable bonds is 2. The van der Waals surface area contributed by atoms with Crippen molar-refractivity contribution in [1.29, 1.82) is 0 Å². The second-order valence-electron chi connectivity index (χ2n) is 6.74. The molecule has 6 heteroatoms. The number of hydrogen-bond donors (Lipinski definition) is 2. The van der Waals surface area contributed by atoms with Crippen LogP contribution in [0.15, 0.2) is 48.5 Å². The summed E-state index contributed by atoms with van der Waals surface area (Å²) >= 11 is 0. The van der Waals surface area contributed by atoms with Crippen molar-refractivity contribution in [3.8, 4) is 5.75 Å². The first kappa shape index (κ1) is 16.4. The van der Waals surface area contributed by atoms with Crippen LogP contribution in [0.2, 0.25) is 0 Å². The van der Waals surface area contributed by atoms with E-state index in [9.17, 15) is 9.59 Å². The summed E-state index contributed by atoms with van der Waals surface area (Å²) in [6.45, 7) is 0.995. The number of ether oxygens (including phenoxy) is 1. The summed E-state index contributed by atoms with van der Waals surface area (Å²) in [4.78, 5) is 27.3. The first-order chi connectivity index (χ1) is 12.6. The average molecular weight is 351 g/mol. The van der Waals surface area contributed by atoms with Gasteiger partial charge in [-0.05, 0) is 36.6 Å². The van der Waals surface area contributed by atoms with Crippen LogP contribution in [-0.4, -0.2) is 37.0 Å². The van der Waals surface area contributed by atoms with Crippen LogP contribution in [0.1, 0.15) is 18.4 Å². The Morgan fingerprint density at radius 3 is 2.81 bits per heavy atom. The van der Waals surface area contributed by atoms with Crippen molar-refractivity contribution in [1.82, 2.24) is 4.90 Å². The first-order valence-electron chi connectivity index (χ1n) is 8.74. The molecule has 0 aliphatic carbocycles. The number of hydrogen-bond acceptors (Lipinski definition) is 3. The predicted octanol–water partition coefficient (Wildman–Crippen LogP) is 3.21. The van der Waals surface area contributed by atoms with Gasteiger partial charge in [0.05, 0.1) is 18.2 Å². The topological polar surface area (TPSA) is 70.7 Å². The molecular weight excluding hydrogens is 330 g/mol. The lowest BCUT2D eigenvalue weighted by Crippen LogP contribution is -2.52. The molecule has 1 fully saturated rings. The van der Waals surface area contributed by atoms with Crippen LogP contribution >= 0.6 is 0 Å². The fourth-order valence-electron chi connectivity index (χ4n) is 3.95. The quantitative estimate of drug-likeness (QED) is 0.873. The highest BCUT2D eigenvalue weighted by Gasteiger charge is 2.49. The Balaban J connectivity index is 1.58. The smallest absolute Gasteiger partial charge is 0.321 e. The zero-order chi connectivity index (χ0) is 18.1. The van der Waals surface area contributed by atoms with Gasteiger partial charge in [-0.2, -0.15) is 0 Å². The lowest BCUT2D eigenvalue weighted by atomic mass is 9.75. The number of fused-ring (bicyclic) bond motifs is 2. The third-order valence-electron chi connectivity index (χ3n) is 5.25. The zero-order valence-corrected chi connectivity index (χ0v) is 14.6. The van der Waals surface area contributed by atoms with Gasteiger partial charge in [0.25, 0.3) is 0 Å². The number of amides is 3. The number of likely N-dealkylation sites (tertiary alicyclic amines) is 1. The highest BCUT2D eigenvalue weighted by molar-refractivity contribution is 6.07. The van der Waals surface area contributed by atoms with E-state index in [1.165, 1.54) is 0 Å². The van der Waals surface area contributed by atoms with E-state index in [0.29, 0.717) is 24.5 Å². The van der Waals surface area contributed by atoms with Gasteiger partial charge in [0.2, 0.25) is 5.91 Å². The molecule has 26 heavy (non-hydrogen) atoms. The van der Waals surface area contributed by atoms with Crippen LogP contribution < -0.4 is 15.4 Å². The molecule has 0 bridgehead atoms.